The fourth-order valence-electron chi connectivity index (χ4n) is 5.08. The van der Waals surface area contributed by atoms with Crippen molar-refractivity contribution in [1.82, 2.24) is 10.3 Å². The summed E-state index contributed by atoms with van der Waals surface area (Å²) in [4.78, 5) is 4.68. The van der Waals surface area contributed by atoms with Gasteiger partial charge in [0.05, 0.1) is 5.41 Å². The highest BCUT2D eigenvalue weighted by Gasteiger charge is 2.57. The van der Waals surface area contributed by atoms with Crippen LogP contribution >= 0.6 is 0 Å². The quantitative estimate of drug-likeness (QED) is 0.618. The van der Waals surface area contributed by atoms with Gasteiger partial charge in [0.1, 0.15) is 0 Å². The lowest BCUT2D eigenvalue weighted by Crippen LogP contribution is -2.52. The van der Waals surface area contributed by atoms with Gasteiger partial charge in [0.2, 0.25) is 0 Å². The van der Waals surface area contributed by atoms with Crippen LogP contribution in [0.2, 0.25) is 0 Å². The lowest BCUT2D eigenvalue weighted by Gasteiger charge is -2.54. The monoisotopic (exact) mass is 203 g/mol. The summed E-state index contributed by atoms with van der Waals surface area (Å²) in [6.07, 6.45) is 8.82. The van der Waals surface area contributed by atoms with Crippen LogP contribution in [0.15, 0.2) is 0 Å². The average molecular weight is 203 g/mol. The van der Waals surface area contributed by atoms with Gasteiger partial charge in [-0.05, 0) is 56.3 Å². The van der Waals surface area contributed by atoms with Crippen LogP contribution < -0.4 is 10.3 Å². The van der Waals surface area contributed by atoms with Crippen LogP contribution in [0.1, 0.15) is 38.5 Å². The predicted octanol–water partition coefficient (Wildman–Crippen LogP) is 1.56. The third kappa shape index (κ3) is 1.14. The first-order valence-corrected chi connectivity index (χ1v) is 6.56. The Bertz CT molecular complexity index is 283. The number of nitrogens with zero attached hydrogens (tertiary/aromatic N) is 2. The summed E-state index contributed by atoms with van der Waals surface area (Å²) in [5.41, 5.74) is 0.464. The van der Waals surface area contributed by atoms with Gasteiger partial charge in [-0.15, -0.1) is 0 Å². The molecule has 5 aliphatic rings. The first-order valence-electron chi connectivity index (χ1n) is 6.56. The molecule has 4 fully saturated rings. The zero-order chi connectivity index (χ0) is 9.88. The van der Waals surface area contributed by atoms with E-state index in [2.05, 4.69) is 10.3 Å². The highest BCUT2D eigenvalue weighted by molar-refractivity contribution is 5.88. The van der Waals surface area contributed by atoms with Gasteiger partial charge >= 0.3 is 5.84 Å². The standard InChI is InChI=1S/C13H19N2/c1-2-15-12(14-1)13-6-9-3-10(7-13)5-11(4-9)8-13/h9-11H,1-8H2/q+1. The van der Waals surface area contributed by atoms with Crippen LogP contribution in [0.4, 0.5) is 0 Å². The molecular weight excluding hydrogens is 184 g/mol. The zero-order valence-corrected chi connectivity index (χ0v) is 9.28. The van der Waals surface area contributed by atoms with Gasteiger partial charge in [0, 0.05) is 0 Å². The Morgan fingerprint density at radius 1 is 1.00 bits per heavy atom. The summed E-state index contributed by atoms with van der Waals surface area (Å²) < 4.78 is 0. The van der Waals surface area contributed by atoms with Crippen molar-refractivity contribution in [3.8, 4) is 0 Å². The van der Waals surface area contributed by atoms with Crippen molar-refractivity contribution in [1.29, 1.82) is 0 Å². The van der Waals surface area contributed by atoms with Gasteiger partial charge in [0.15, 0.2) is 13.1 Å². The van der Waals surface area contributed by atoms with Gasteiger partial charge in [-0.25, -0.2) is 0 Å². The van der Waals surface area contributed by atoms with Crippen LogP contribution in [-0.4, -0.2) is 18.9 Å². The van der Waals surface area contributed by atoms with Crippen molar-refractivity contribution in [2.75, 3.05) is 13.1 Å². The second-order valence-electron chi connectivity index (χ2n) is 6.28. The minimum absolute atomic E-state index is 0.464. The highest BCUT2D eigenvalue weighted by atomic mass is 15.1. The molecule has 2 radical (unpaired) electrons. The van der Waals surface area contributed by atoms with Crippen molar-refractivity contribution in [2.24, 2.45) is 23.2 Å². The molecule has 0 aromatic rings. The molecule has 0 spiro atoms. The fourth-order valence-corrected chi connectivity index (χ4v) is 5.08. The van der Waals surface area contributed by atoms with Crippen LogP contribution in [-0.2, 0) is 0 Å². The van der Waals surface area contributed by atoms with Crippen molar-refractivity contribution in [3.63, 3.8) is 0 Å². The summed E-state index contributed by atoms with van der Waals surface area (Å²) in [5.74, 6) is 4.35. The maximum absolute atomic E-state index is 4.68. The molecular formula is C13H19N2+. The molecule has 5 rings (SSSR count). The SMILES string of the molecule is C1C[N+]=C(C23CC4CC(CC(C4)C2)C3)[N]1. The molecule has 0 N–H and O–H groups in total. The maximum atomic E-state index is 4.68. The molecule has 1 aliphatic heterocycles. The number of hydrogen-bond donors (Lipinski definition) is 0. The normalized spacial score (nSPS) is 51.7. The molecule has 4 saturated carbocycles. The molecule has 2 nitrogen and oxygen atoms in total. The van der Waals surface area contributed by atoms with Gasteiger partial charge in [0.25, 0.3) is 0 Å². The van der Waals surface area contributed by atoms with Gasteiger partial charge in [-0.2, -0.15) is 0 Å². The van der Waals surface area contributed by atoms with Crippen molar-refractivity contribution in [2.45, 2.75) is 38.5 Å². The van der Waals surface area contributed by atoms with Gasteiger partial charge in [-0.3, -0.25) is 0 Å². The third-order valence-corrected chi connectivity index (χ3v) is 5.14. The molecule has 4 aliphatic carbocycles. The van der Waals surface area contributed by atoms with Crippen LogP contribution in [0.25, 0.3) is 0 Å². The lowest BCUT2D eigenvalue weighted by molar-refractivity contribution is -0.0140. The minimum atomic E-state index is 0.464. The van der Waals surface area contributed by atoms with E-state index in [1.165, 1.54) is 44.4 Å². The van der Waals surface area contributed by atoms with E-state index in [1.807, 2.05) is 0 Å². The summed E-state index contributed by atoms with van der Waals surface area (Å²) in [6.45, 7) is 1.94. The largest absolute Gasteiger partial charge is 0.334 e. The fraction of sp³-hybridized carbons (Fsp3) is 0.923. The molecule has 1 heterocycles. The van der Waals surface area contributed by atoms with E-state index in [0.717, 1.165) is 30.8 Å². The Hall–Kier alpha value is -0.530. The summed E-state index contributed by atoms with van der Waals surface area (Å²) in [7, 11) is 0. The Morgan fingerprint density at radius 2 is 1.60 bits per heavy atom. The number of amidine groups is 1. The van der Waals surface area contributed by atoms with E-state index in [0.29, 0.717) is 5.41 Å². The highest BCUT2D eigenvalue weighted by Crippen LogP contribution is 2.60. The molecule has 4 bridgehead atoms. The van der Waals surface area contributed by atoms with Gasteiger partial charge in [-0.1, -0.05) is 10.3 Å². The van der Waals surface area contributed by atoms with E-state index < -0.39 is 0 Å². The molecule has 0 atom stereocenters. The predicted molar refractivity (Wildman–Crippen MR) is 59.6 cm³/mol. The van der Waals surface area contributed by atoms with Crippen LogP contribution in [0, 0.1) is 23.2 Å². The Morgan fingerprint density at radius 3 is 2.07 bits per heavy atom. The molecule has 0 aromatic heterocycles. The Balaban J connectivity index is 1.71. The molecule has 0 aromatic carbocycles. The van der Waals surface area contributed by atoms with Gasteiger partial charge < -0.3 is 0 Å². The second kappa shape index (κ2) is 2.78. The van der Waals surface area contributed by atoms with Crippen molar-refractivity contribution < 1.29 is 0 Å². The molecule has 0 amide bonds. The Kier molecular flexibility index (Phi) is 1.59. The second-order valence-corrected chi connectivity index (χ2v) is 6.28. The minimum Gasteiger partial charge on any atom is -0.0797 e. The zero-order valence-electron chi connectivity index (χ0n) is 9.28. The topological polar surface area (TPSA) is 28.2 Å². The summed E-state index contributed by atoms with van der Waals surface area (Å²) in [5, 5.41) is 4.68. The van der Waals surface area contributed by atoms with Crippen LogP contribution in [0.3, 0.4) is 0 Å². The molecule has 2 heteroatoms. The number of rotatable bonds is 1. The van der Waals surface area contributed by atoms with E-state index >= 15 is 0 Å². The lowest BCUT2D eigenvalue weighted by atomic mass is 9.49. The third-order valence-electron chi connectivity index (χ3n) is 5.14. The molecule has 0 unspecified atom stereocenters. The summed E-state index contributed by atoms with van der Waals surface area (Å²) in [6, 6.07) is 0. The maximum Gasteiger partial charge on any atom is 0.334 e. The Labute approximate surface area is 91.5 Å². The average Bonchev–Trinajstić information content (AvgIpc) is 2.67. The van der Waals surface area contributed by atoms with E-state index in [9.17, 15) is 0 Å². The first-order chi connectivity index (χ1) is 7.34. The van der Waals surface area contributed by atoms with E-state index in [4.69, 9.17) is 0 Å². The van der Waals surface area contributed by atoms with E-state index in [1.54, 1.807) is 0 Å². The van der Waals surface area contributed by atoms with Crippen LogP contribution in [0.5, 0.6) is 0 Å². The van der Waals surface area contributed by atoms with E-state index in [-0.39, 0.29) is 0 Å². The smallest absolute Gasteiger partial charge is 0.0797 e. The van der Waals surface area contributed by atoms with Crippen molar-refractivity contribution in [3.05, 3.63) is 0 Å². The number of aliphatic imine (C=N–C) groups is 1. The number of hydrogen-bond acceptors (Lipinski definition) is 1. The first kappa shape index (κ1) is 8.60. The molecule has 0 saturated heterocycles. The molecule has 80 valence electrons. The summed E-state index contributed by atoms with van der Waals surface area (Å²) >= 11 is 0. The van der Waals surface area contributed by atoms with Crippen molar-refractivity contribution >= 4 is 5.84 Å². The molecule has 15 heavy (non-hydrogen) atoms.